The monoisotopic (exact) mass is 390 g/mol. The number of hydrogen-bond donors (Lipinski definition) is 3. The molecule has 1 aromatic heterocycles. The summed E-state index contributed by atoms with van der Waals surface area (Å²) in [6.45, 7) is 7.24. The Balaban J connectivity index is 2.05. The number of aromatic nitrogens is 1. The summed E-state index contributed by atoms with van der Waals surface area (Å²) in [5, 5.41) is 0.980. The summed E-state index contributed by atoms with van der Waals surface area (Å²) in [5.41, 5.74) is 9.83. The number of allylic oxidation sites excluding steroid dienone is 1. The highest BCUT2D eigenvalue weighted by Gasteiger charge is 2.27. The Morgan fingerprint density at radius 1 is 1.37 bits per heavy atom. The van der Waals surface area contributed by atoms with E-state index in [2.05, 4.69) is 9.88 Å². The van der Waals surface area contributed by atoms with E-state index >= 15 is 0 Å². The minimum atomic E-state index is -2.68. The van der Waals surface area contributed by atoms with Gasteiger partial charge in [0.05, 0.1) is 17.1 Å². The number of hydrogen-bond acceptors (Lipinski definition) is 4. The fourth-order valence-electron chi connectivity index (χ4n) is 3.89. The van der Waals surface area contributed by atoms with E-state index in [4.69, 9.17) is 5.73 Å². The van der Waals surface area contributed by atoms with Crippen molar-refractivity contribution in [1.82, 2.24) is 9.29 Å². The zero-order valence-corrected chi connectivity index (χ0v) is 16.8. The molecule has 27 heavy (non-hydrogen) atoms. The fraction of sp³-hybridized carbons (Fsp3) is 0.421. The largest absolute Gasteiger partial charge is 0.369 e. The molecule has 1 aliphatic heterocycles. The number of thiol groups is 1. The number of carbonyl (C=O) groups is 1. The smallest absolute Gasteiger partial charge is 0.250 e. The Morgan fingerprint density at radius 2 is 2.11 bits per heavy atom. The van der Waals surface area contributed by atoms with Gasteiger partial charge in [0.2, 0.25) is 10.9 Å². The van der Waals surface area contributed by atoms with Crippen LogP contribution in [0.4, 0.5) is 5.69 Å². The average Bonchev–Trinajstić information content (AvgIpc) is 2.93. The molecular weight excluding hydrogens is 364 g/mol. The molecule has 8 heteroatoms. The predicted molar refractivity (Wildman–Crippen MR) is 108 cm³/mol. The van der Waals surface area contributed by atoms with E-state index < -0.39 is 16.8 Å². The van der Waals surface area contributed by atoms with Crippen LogP contribution in [0.25, 0.3) is 10.9 Å². The topological polar surface area (TPSA) is 99.5 Å². The second-order valence-electron chi connectivity index (χ2n) is 6.96. The summed E-state index contributed by atoms with van der Waals surface area (Å²) in [6.07, 6.45) is 5.07. The SMILES string of the molecule is CC=CN(C1CCCN(c2ccc(C(N)=O)c3[nH]c(C)c(C)c23)C1)[SH](=O)=O. The highest BCUT2D eigenvalue weighted by Crippen LogP contribution is 2.35. The molecule has 7 nitrogen and oxygen atoms in total. The summed E-state index contributed by atoms with van der Waals surface area (Å²) in [6, 6.07) is 3.56. The minimum Gasteiger partial charge on any atom is -0.369 e. The van der Waals surface area contributed by atoms with Crippen molar-refractivity contribution >= 4 is 33.4 Å². The van der Waals surface area contributed by atoms with E-state index in [0.29, 0.717) is 12.1 Å². The molecule has 0 radical (unpaired) electrons. The van der Waals surface area contributed by atoms with Crippen LogP contribution in [0.1, 0.15) is 41.4 Å². The van der Waals surface area contributed by atoms with Crippen molar-refractivity contribution in [3.8, 4) is 0 Å². The molecule has 0 bridgehead atoms. The maximum atomic E-state index is 11.8. The summed E-state index contributed by atoms with van der Waals surface area (Å²) in [4.78, 5) is 17.3. The van der Waals surface area contributed by atoms with Gasteiger partial charge in [-0.25, -0.2) is 8.42 Å². The van der Waals surface area contributed by atoms with Crippen molar-refractivity contribution in [3.05, 3.63) is 41.2 Å². The number of benzene rings is 1. The van der Waals surface area contributed by atoms with Gasteiger partial charge in [0.15, 0.2) is 0 Å². The van der Waals surface area contributed by atoms with Crippen molar-refractivity contribution in [2.75, 3.05) is 18.0 Å². The van der Waals surface area contributed by atoms with Crippen LogP contribution in [0, 0.1) is 13.8 Å². The third-order valence-electron chi connectivity index (χ3n) is 5.30. The number of H-pyrrole nitrogens is 1. The molecule has 2 heterocycles. The maximum absolute atomic E-state index is 11.8. The number of nitrogens with zero attached hydrogens (tertiary/aromatic N) is 2. The van der Waals surface area contributed by atoms with E-state index in [-0.39, 0.29) is 6.04 Å². The van der Waals surface area contributed by atoms with Crippen molar-refractivity contribution in [2.24, 2.45) is 5.73 Å². The Bertz CT molecular complexity index is 969. The molecule has 1 saturated heterocycles. The van der Waals surface area contributed by atoms with Gasteiger partial charge in [0.25, 0.3) is 5.91 Å². The molecule has 1 amide bonds. The molecule has 3 N–H and O–H groups in total. The number of anilines is 1. The number of amides is 1. The molecule has 0 aliphatic carbocycles. The molecule has 2 aromatic rings. The third-order valence-corrected chi connectivity index (χ3v) is 6.14. The van der Waals surface area contributed by atoms with Gasteiger partial charge in [-0.3, -0.25) is 9.10 Å². The van der Waals surface area contributed by atoms with Gasteiger partial charge in [-0.15, -0.1) is 0 Å². The van der Waals surface area contributed by atoms with Crippen LogP contribution in [-0.2, 0) is 10.9 Å². The average molecular weight is 391 g/mol. The number of nitrogens with one attached hydrogen (secondary N) is 1. The van der Waals surface area contributed by atoms with E-state index in [1.54, 1.807) is 18.3 Å². The van der Waals surface area contributed by atoms with Crippen LogP contribution >= 0.6 is 0 Å². The summed E-state index contributed by atoms with van der Waals surface area (Å²) in [7, 11) is -2.68. The molecule has 0 saturated carbocycles. The lowest BCUT2D eigenvalue weighted by molar-refractivity contribution is 0.100. The zero-order chi connectivity index (χ0) is 19.7. The Kier molecular flexibility index (Phi) is 5.46. The number of piperidine rings is 1. The van der Waals surface area contributed by atoms with E-state index in [1.165, 1.54) is 4.31 Å². The zero-order valence-electron chi connectivity index (χ0n) is 15.9. The highest BCUT2D eigenvalue weighted by atomic mass is 32.2. The van der Waals surface area contributed by atoms with Crippen molar-refractivity contribution in [2.45, 2.75) is 39.7 Å². The lowest BCUT2D eigenvalue weighted by atomic mass is 10.0. The number of primary amides is 1. The number of fused-ring (bicyclic) bond motifs is 1. The first-order valence-corrected chi connectivity index (χ1v) is 10.2. The van der Waals surface area contributed by atoms with Crippen molar-refractivity contribution < 1.29 is 13.2 Å². The molecule has 1 aromatic carbocycles. The van der Waals surface area contributed by atoms with Gasteiger partial charge < -0.3 is 15.6 Å². The highest BCUT2D eigenvalue weighted by molar-refractivity contribution is 7.70. The second-order valence-corrected chi connectivity index (χ2v) is 7.90. The molecule has 3 rings (SSSR count). The molecule has 1 atom stereocenters. The molecule has 146 valence electrons. The normalized spacial score (nSPS) is 17.9. The molecular formula is C19H26N4O3S. The second kappa shape index (κ2) is 7.64. The van der Waals surface area contributed by atoms with E-state index in [0.717, 1.165) is 47.2 Å². The fourth-order valence-corrected chi connectivity index (χ4v) is 4.59. The number of rotatable bonds is 5. The summed E-state index contributed by atoms with van der Waals surface area (Å²) < 4.78 is 24.7. The standard InChI is InChI=1S/C19H26N4O3S/c1-4-9-23(27(25)26)14-6-5-10-22(11-14)16-8-7-15(19(20)24)18-17(16)12(2)13(3)21-18/h4,7-9,14,21,27H,5-6,10-11H2,1-3H3,(H2,20,24). The van der Waals surface area contributed by atoms with Gasteiger partial charge in [-0.05, 0) is 51.3 Å². The first-order chi connectivity index (χ1) is 12.8. The van der Waals surface area contributed by atoms with Crippen LogP contribution < -0.4 is 10.6 Å². The summed E-state index contributed by atoms with van der Waals surface area (Å²) >= 11 is 0. The van der Waals surface area contributed by atoms with Crippen LogP contribution in [0.5, 0.6) is 0 Å². The Morgan fingerprint density at radius 3 is 2.74 bits per heavy atom. The van der Waals surface area contributed by atoms with Crippen LogP contribution in [0.3, 0.4) is 0 Å². The third kappa shape index (κ3) is 3.53. The van der Waals surface area contributed by atoms with Gasteiger partial charge in [-0.1, -0.05) is 6.08 Å². The Hall–Kier alpha value is -2.48. The number of aryl methyl sites for hydroxylation is 2. The Labute approximate surface area is 160 Å². The number of nitrogens with two attached hydrogens (primary N) is 1. The minimum absolute atomic E-state index is 0.109. The molecule has 1 fully saturated rings. The van der Waals surface area contributed by atoms with E-state index in [1.807, 2.05) is 26.8 Å². The van der Waals surface area contributed by atoms with Crippen LogP contribution in [-0.4, -0.2) is 42.7 Å². The molecule has 1 aliphatic rings. The lowest BCUT2D eigenvalue weighted by Crippen LogP contribution is -2.45. The lowest BCUT2D eigenvalue weighted by Gasteiger charge is -2.38. The summed E-state index contributed by atoms with van der Waals surface area (Å²) in [5.74, 6) is -0.466. The predicted octanol–water partition coefficient (Wildman–Crippen LogP) is 2.21. The van der Waals surface area contributed by atoms with Crippen molar-refractivity contribution in [3.63, 3.8) is 0 Å². The van der Waals surface area contributed by atoms with Gasteiger partial charge >= 0.3 is 0 Å². The van der Waals surface area contributed by atoms with Crippen LogP contribution in [0.15, 0.2) is 24.4 Å². The number of aromatic amines is 1. The van der Waals surface area contributed by atoms with Crippen LogP contribution in [0.2, 0.25) is 0 Å². The first kappa shape index (κ1) is 19.3. The number of carbonyl (C=O) groups excluding carboxylic acids is 1. The molecule has 1 unspecified atom stereocenters. The van der Waals surface area contributed by atoms with Gasteiger partial charge in [-0.2, -0.15) is 0 Å². The van der Waals surface area contributed by atoms with Gasteiger partial charge in [0.1, 0.15) is 0 Å². The molecule has 0 spiro atoms. The van der Waals surface area contributed by atoms with Gasteiger partial charge in [0, 0.05) is 36.1 Å². The van der Waals surface area contributed by atoms with E-state index in [9.17, 15) is 13.2 Å². The maximum Gasteiger partial charge on any atom is 0.250 e. The van der Waals surface area contributed by atoms with Crippen molar-refractivity contribution in [1.29, 1.82) is 0 Å². The first-order valence-electron chi connectivity index (χ1n) is 9.07. The quantitative estimate of drug-likeness (QED) is 0.682.